The van der Waals surface area contributed by atoms with Crippen LogP contribution in [0.3, 0.4) is 0 Å². The second-order valence-corrected chi connectivity index (χ2v) is 5.54. The number of carbonyl (C=O) groups is 1. The van der Waals surface area contributed by atoms with E-state index < -0.39 is 5.82 Å². The van der Waals surface area contributed by atoms with Crippen LogP contribution in [0.5, 0.6) is 0 Å². The Kier molecular flexibility index (Phi) is 5.96. The number of carbonyl (C=O) groups excluding carboxylic acids is 1. The lowest BCUT2D eigenvalue weighted by molar-refractivity contribution is 0.0920. The summed E-state index contributed by atoms with van der Waals surface area (Å²) in [5, 5.41) is 2.92. The van der Waals surface area contributed by atoms with Gasteiger partial charge in [-0.1, -0.05) is 26.0 Å². The number of hydrogen-bond acceptors (Lipinski definition) is 2. The van der Waals surface area contributed by atoms with E-state index in [0.29, 0.717) is 5.92 Å². The smallest absolute Gasteiger partial charge is 0.254 e. The Balaban J connectivity index is 2.73. The molecule has 0 spiro atoms. The molecule has 1 aromatic carbocycles. The Hall–Kier alpha value is -1.42. The lowest BCUT2D eigenvalue weighted by atomic mass is 10.0. The maximum absolute atomic E-state index is 13.5. The minimum absolute atomic E-state index is 0.0297. The lowest BCUT2D eigenvalue weighted by Gasteiger charge is -2.24. The van der Waals surface area contributed by atoms with Crippen molar-refractivity contribution in [3.05, 3.63) is 35.6 Å². The first-order valence-corrected chi connectivity index (χ1v) is 6.60. The molecule has 0 aromatic heterocycles. The van der Waals surface area contributed by atoms with Gasteiger partial charge in [-0.25, -0.2) is 4.39 Å². The summed E-state index contributed by atoms with van der Waals surface area (Å²) in [5.74, 6) is -0.343. The number of nitrogens with zero attached hydrogens (tertiary/aromatic N) is 1. The van der Waals surface area contributed by atoms with Gasteiger partial charge in [-0.3, -0.25) is 4.79 Å². The molecule has 1 N–H and O–H groups in total. The van der Waals surface area contributed by atoms with Crippen LogP contribution < -0.4 is 5.32 Å². The van der Waals surface area contributed by atoms with Crippen molar-refractivity contribution in [3.8, 4) is 0 Å². The first-order chi connectivity index (χ1) is 8.90. The van der Waals surface area contributed by atoms with E-state index in [-0.39, 0.29) is 17.5 Å². The van der Waals surface area contributed by atoms with E-state index in [1.54, 1.807) is 12.1 Å². The third-order valence-electron chi connectivity index (χ3n) is 2.80. The van der Waals surface area contributed by atoms with Gasteiger partial charge in [0.15, 0.2) is 0 Å². The van der Waals surface area contributed by atoms with Crippen molar-refractivity contribution >= 4 is 5.91 Å². The summed E-state index contributed by atoms with van der Waals surface area (Å²) in [7, 11) is 3.92. The number of likely N-dealkylation sites (N-methyl/N-ethyl adjacent to an activating group) is 1. The zero-order valence-corrected chi connectivity index (χ0v) is 12.1. The van der Waals surface area contributed by atoms with E-state index in [4.69, 9.17) is 0 Å². The van der Waals surface area contributed by atoms with Gasteiger partial charge in [0.05, 0.1) is 5.56 Å². The quantitative estimate of drug-likeness (QED) is 0.858. The van der Waals surface area contributed by atoms with Gasteiger partial charge in [0, 0.05) is 12.6 Å². The maximum atomic E-state index is 13.5. The Morgan fingerprint density at radius 2 is 1.95 bits per heavy atom. The van der Waals surface area contributed by atoms with Crippen LogP contribution in [-0.4, -0.2) is 37.5 Å². The molecule has 0 heterocycles. The molecule has 1 rings (SSSR count). The second-order valence-electron chi connectivity index (χ2n) is 5.54. The molecule has 0 aliphatic heterocycles. The van der Waals surface area contributed by atoms with Gasteiger partial charge < -0.3 is 10.2 Å². The van der Waals surface area contributed by atoms with Gasteiger partial charge in [-0.05, 0) is 38.6 Å². The molecule has 0 aliphatic carbocycles. The third kappa shape index (κ3) is 5.39. The minimum Gasteiger partial charge on any atom is -0.348 e. The van der Waals surface area contributed by atoms with E-state index >= 15 is 0 Å². The molecule has 0 saturated carbocycles. The van der Waals surface area contributed by atoms with Crippen LogP contribution >= 0.6 is 0 Å². The van der Waals surface area contributed by atoms with Gasteiger partial charge in [0.25, 0.3) is 5.91 Å². The molecule has 0 aliphatic rings. The highest BCUT2D eigenvalue weighted by Crippen LogP contribution is 2.09. The predicted molar refractivity (Wildman–Crippen MR) is 75.7 cm³/mol. The average molecular weight is 266 g/mol. The van der Waals surface area contributed by atoms with Crippen molar-refractivity contribution in [2.24, 2.45) is 5.92 Å². The summed E-state index contributed by atoms with van der Waals surface area (Å²) in [6.07, 6.45) is 0.873. The summed E-state index contributed by atoms with van der Waals surface area (Å²) in [4.78, 5) is 14.1. The molecule has 1 aromatic rings. The Bertz CT molecular complexity index is 408. The lowest BCUT2D eigenvalue weighted by Crippen LogP contribution is -2.42. The number of benzene rings is 1. The molecule has 0 radical (unpaired) electrons. The fourth-order valence-electron chi connectivity index (χ4n) is 2.10. The topological polar surface area (TPSA) is 32.3 Å². The number of rotatable bonds is 6. The maximum Gasteiger partial charge on any atom is 0.254 e. The molecule has 19 heavy (non-hydrogen) atoms. The van der Waals surface area contributed by atoms with Gasteiger partial charge in [0.2, 0.25) is 0 Å². The van der Waals surface area contributed by atoms with Crippen molar-refractivity contribution < 1.29 is 9.18 Å². The molecule has 1 atom stereocenters. The summed E-state index contributed by atoms with van der Waals surface area (Å²) < 4.78 is 13.5. The Labute approximate surface area is 114 Å². The molecule has 106 valence electrons. The SMILES string of the molecule is CC(C)CC(CN(C)C)NC(=O)c1ccccc1F. The highest BCUT2D eigenvalue weighted by Gasteiger charge is 2.17. The molecule has 0 fully saturated rings. The first kappa shape index (κ1) is 15.6. The fraction of sp³-hybridized carbons (Fsp3) is 0.533. The Morgan fingerprint density at radius 1 is 1.32 bits per heavy atom. The average Bonchev–Trinajstić information content (AvgIpc) is 2.27. The van der Waals surface area contributed by atoms with Crippen LogP contribution in [0.1, 0.15) is 30.6 Å². The standard InChI is InChI=1S/C15H23FN2O/c1-11(2)9-12(10-18(3)4)17-15(19)13-7-5-6-8-14(13)16/h5-8,11-12H,9-10H2,1-4H3,(H,17,19). The Morgan fingerprint density at radius 3 is 2.47 bits per heavy atom. The van der Waals surface area contributed by atoms with E-state index in [1.165, 1.54) is 12.1 Å². The normalized spacial score (nSPS) is 12.8. The van der Waals surface area contributed by atoms with Crippen molar-refractivity contribution in [2.45, 2.75) is 26.3 Å². The zero-order valence-electron chi connectivity index (χ0n) is 12.1. The highest BCUT2D eigenvalue weighted by atomic mass is 19.1. The number of nitrogens with one attached hydrogen (secondary N) is 1. The van der Waals surface area contributed by atoms with Crippen LogP contribution in [0.15, 0.2) is 24.3 Å². The summed E-state index contributed by atoms with van der Waals surface area (Å²) in [5.41, 5.74) is 0.106. The molecule has 4 heteroatoms. The van der Waals surface area contributed by atoms with Crippen LogP contribution in [0.25, 0.3) is 0 Å². The molecule has 3 nitrogen and oxygen atoms in total. The molecular weight excluding hydrogens is 243 g/mol. The fourth-order valence-corrected chi connectivity index (χ4v) is 2.10. The van der Waals surface area contributed by atoms with E-state index in [9.17, 15) is 9.18 Å². The van der Waals surface area contributed by atoms with E-state index in [1.807, 2.05) is 19.0 Å². The van der Waals surface area contributed by atoms with Crippen LogP contribution in [-0.2, 0) is 0 Å². The summed E-state index contributed by atoms with van der Waals surface area (Å²) in [6, 6.07) is 6.09. The monoisotopic (exact) mass is 266 g/mol. The van der Waals surface area contributed by atoms with Crippen molar-refractivity contribution in [1.29, 1.82) is 0 Å². The summed E-state index contributed by atoms with van der Waals surface area (Å²) in [6.45, 7) is 4.97. The van der Waals surface area contributed by atoms with Crippen LogP contribution in [0.4, 0.5) is 4.39 Å². The summed E-state index contributed by atoms with van der Waals surface area (Å²) >= 11 is 0. The molecular formula is C15H23FN2O. The van der Waals surface area contributed by atoms with Crippen molar-refractivity contribution in [1.82, 2.24) is 10.2 Å². The zero-order chi connectivity index (χ0) is 14.4. The number of halogens is 1. The molecule has 1 amide bonds. The van der Waals surface area contributed by atoms with Crippen LogP contribution in [0.2, 0.25) is 0 Å². The minimum atomic E-state index is -0.479. The van der Waals surface area contributed by atoms with Gasteiger partial charge >= 0.3 is 0 Å². The van der Waals surface area contributed by atoms with Gasteiger partial charge in [0.1, 0.15) is 5.82 Å². The number of hydrogen-bond donors (Lipinski definition) is 1. The third-order valence-corrected chi connectivity index (χ3v) is 2.80. The number of amides is 1. The molecule has 0 bridgehead atoms. The van der Waals surface area contributed by atoms with Crippen molar-refractivity contribution in [3.63, 3.8) is 0 Å². The van der Waals surface area contributed by atoms with E-state index in [0.717, 1.165) is 13.0 Å². The van der Waals surface area contributed by atoms with Crippen LogP contribution in [0, 0.1) is 11.7 Å². The van der Waals surface area contributed by atoms with Crippen molar-refractivity contribution in [2.75, 3.05) is 20.6 Å². The molecule has 0 saturated heterocycles. The highest BCUT2D eigenvalue weighted by molar-refractivity contribution is 5.94. The van der Waals surface area contributed by atoms with Gasteiger partial charge in [-0.2, -0.15) is 0 Å². The van der Waals surface area contributed by atoms with E-state index in [2.05, 4.69) is 19.2 Å². The van der Waals surface area contributed by atoms with Gasteiger partial charge in [-0.15, -0.1) is 0 Å². The largest absolute Gasteiger partial charge is 0.348 e. The predicted octanol–water partition coefficient (Wildman–Crippen LogP) is 2.53. The molecule has 1 unspecified atom stereocenters. The first-order valence-electron chi connectivity index (χ1n) is 6.60. The second kappa shape index (κ2) is 7.24.